The number of esters is 2. The van der Waals surface area contributed by atoms with Crippen LogP contribution in [0.5, 0.6) is 0 Å². The Balaban J connectivity index is 0.00000124. The SMILES string of the molecule is CCCCCCCC(CCCCCCCC(CC(=O)[O-])OC(C)=O)OCc1ccccc1.CCCCCCCC(CCCCCCCC(CC(=O)[O-])OC(C)=O)OCc1ccccc1.[Ba+2]. The Kier molecular flexibility index (Phi) is 42.8. The number of carboxylic acids is 2. The standard InChI is InChI=1S/2C27H44O5.Ba/c2*1-3-4-5-7-13-18-25(31-22-24-16-11-10-12-17-24)19-14-8-6-9-15-20-26(21-27(29)30)32-23(2)28;/h2*10-12,16-17,25-26H,3-9,13-15,18-22H2,1-2H3,(H,29,30);/q;;+2/p-2. The number of carbonyl (C=O) groups excluding carboxylic acids is 4. The Morgan fingerprint density at radius 3 is 0.938 bits per heavy atom. The summed E-state index contributed by atoms with van der Waals surface area (Å²) in [7, 11) is 0. The second-order valence-corrected chi connectivity index (χ2v) is 17.5. The van der Waals surface area contributed by atoms with Crippen LogP contribution in [0, 0.1) is 0 Å². The molecule has 0 N–H and O–H groups in total. The summed E-state index contributed by atoms with van der Waals surface area (Å²) < 4.78 is 22.7. The van der Waals surface area contributed by atoms with Crippen LogP contribution in [0.15, 0.2) is 60.7 Å². The molecule has 0 aromatic heterocycles. The predicted octanol–water partition coefficient (Wildman–Crippen LogP) is 11.1. The van der Waals surface area contributed by atoms with Crippen molar-refractivity contribution in [2.24, 2.45) is 0 Å². The van der Waals surface area contributed by atoms with E-state index >= 15 is 0 Å². The summed E-state index contributed by atoms with van der Waals surface area (Å²) in [6.07, 6.45) is 27.9. The Morgan fingerprint density at radius 1 is 0.415 bits per heavy atom. The first-order valence-electron chi connectivity index (χ1n) is 25.1. The quantitative estimate of drug-likeness (QED) is 0.0358. The van der Waals surface area contributed by atoms with Gasteiger partial charge in [-0.3, -0.25) is 9.59 Å². The fourth-order valence-electron chi connectivity index (χ4n) is 7.94. The molecular weight excluding hydrogens is 946 g/mol. The summed E-state index contributed by atoms with van der Waals surface area (Å²) in [4.78, 5) is 43.8. The number of hydrogen-bond donors (Lipinski definition) is 0. The molecule has 2 aromatic carbocycles. The molecule has 4 atom stereocenters. The zero-order valence-corrected chi connectivity index (χ0v) is 45.5. The Hall–Kier alpha value is -2.19. The van der Waals surface area contributed by atoms with Crippen molar-refractivity contribution in [3.8, 4) is 0 Å². The van der Waals surface area contributed by atoms with Gasteiger partial charge in [-0.2, -0.15) is 0 Å². The minimum absolute atomic E-state index is 0. The summed E-state index contributed by atoms with van der Waals surface area (Å²) in [6, 6.07) is 20.7. The van der Waals surface area contributed by atoms with Gasteiger partial charge in [0.25, 0.3) is 0 Å². The first kappa shape index (κ1) is 62.8. The number of rotatable bonds is 40. The summed E-state index contributed by atoms with van der Waals surface area (Å²) in [6.45, 7) is 8.45. The molecule has 10 nitrogen and oxygen atoms in total. The Morgan fingerprint density at radius 2 is 0.677 bits per heavy atom. The Bertz CT molecular complexity index is 1290. The van der Waals surface area contributed by atoms with Gasteiger partial charge in [0.15, 0.2) is 0 Å². The monoisotopic (exact) mass is 1030 g/mol. The smallest absolute Gasteiger partial charge is 0.550 e. The van der Waals surface area contributed by atoms with E-state index in [1.807, 2.05) is 12.1 Å². The van der Waals surface area contributed by atoms with Crippen molar-refractivity contribution in [2.45, 2.75) is 245 Å². The maximum Gasteiger partial charge on any atom is 2.00 e. The van der Waals surface area contributed by atoms with Crippen LogP contribution in [-0.2, 0) is 51.3 Å². The zero-order valence-electron chi connectivity index (χ0n) is 41.1. The number of hydrogen-bond acceptors (Lipinski definition) is 10. The largest absolute Gasteiger partial charge is 2.00 e. The molecule has 2 rings (SSSR count). The maximum atomic E-state index is 11.1. The normalized spacial score (nSPS) is 12.7. The molecule has 4 unspecified atom stereocenters. The van der Waals surface area contributed by atoms with Gasteiger partial charge in [-0.1, -0.05) is 190 Å². The van der Waals surface area contributed by atoms with Crippen molar-refractivity contribution in [2.75, 3.05) is 0 Å². The van der Waals surface area contributed by atoms with Crippen molar-refractivity contribution >= 4 is 72.8 Å². The Labute approximate surface area is 434 Å². The molecule has 364 valence electrons. The van der Waals surface area contributed by atoms with E-state index in [9.17, 15) is 29.4 Å². The van der Waals surface area contributed by atoms with E-state index in [2.05, 4.69) is 62.4 Å². The van der Waals surface area contributed by atoms with Crippen LogP contribution in [0.2, 0.25) is 0 Å². The molecule has 0 radical (unpaired) electrons. The van der Waals surface area contributed by atoms with Gasteiger partial charge >= 0.3 is 60.8 Å². The molecule has 0 aliphatic carbocycles. The number of carbonyl (C=O) groups is 4. The van der Waals surface area contributed by atoms with Gasteiger partial charge in [-0.05, 0) is 62.5 Å². The average Bonchev–Trinajstić information content (AvgIpc) is 3.26. The van der Waals surface area contributed by atoms with Crippen molar-refractivity contribution in [1.82, 2.24) is 0 Å². The number of carboxylic acid groups (broad SMARTS) is 2. The second-order valence-electron chi connectivity index (χ2n) is 17.5. The fraction of sp³-hybridized carbons (Fsp3) is 0.704. The van der Waals surface area contributed by atoms with Gasteiger partial charge < -0.3 is 38.7 Å². The molecule has 0 bridgehead atoms. The van der Waals surface area contributed by atoms with Gasteiger partial charge in [0.1, 0.15) is 12.2 Å². The third-order valence-corrected chi connectivity index (χ3v) is 11.5. The molecule has 0 spiro atoms. The van der Waals surface area contributed by atoms with Crippen LogP contribution in [0.3, 0.4) is 0 Å². The predicted molar refractivity (Wildman–Crippen MR) is 258 cm³/mol. The van der Waals surface area contributed by atoms with Crippen LogP contribution < -0.4 is 10.2 Å². The average molecular weight is 1030 g/mol. The van der Waals surface area contributed by atoms with E-state index < -0.39 is 36.1 Å². The van der Waals surface area contributed by atoms with E-state index in [0.717, 1.165) is 89.9 Å². The van der Waals surface area contributed by atoms with Crippen molar-refractivity contribution in [3.05, 3.63) is 71.8 Å². The molecule has 11 heteroatoms. The summed E-state index contributed by atoms with van der Waals surface area (Å²) in [5.41, 5.74) is 2.45. The summed E-state index contributed by atoms with van der Waals surface area (Å²) >= 11 is 0. The molecule has 0 heterocycles. The molecule has 0 aliphatic heterocycles. The van der Waals surface area contributed by atoms with E-state index in [1.165, 1.54) is 89.2 Å². The zero-order chi connectivity index (χ0) is 46.9. The first-order chi connectivity index (χ1) is 31.0. The van der Waals surface area contributed by atoms with E-state index in [4.69, 9.17) is 18.9 Å². The number of aliphatic carboxylic acids is 2. The summed E-state index contributed by atoms with van der Waals surface area (Å²) in [5.74, 6) is -3.22. The van der Waals surface area contributed by atoms with E-state index in [1.54, 1.807) is 0 Å². The molecule has 0 fully saturated rings. The third kappa shape index (κ3) is 40.6. The molecule has 0 amide bonds. The number of benzene rings is 2. The van der Waals surface area contributed by atoms with E-state index in [0.29, 0.717) is 38.3 Å². The van der Waals surface area contributed by atoms with Crippen molar-refractivity contribution in [1.29, 1.82) is 0 Å². The van der Waals surface area contributed by atoms with E-state index in [-0.39, 0.29) is 61.7 Å². The first-order valence-corrected chi connectivity index (χ1v) is 25.1. The molecule has 0 saturated heterocycles. The van der Waals surface area contributed by atoms with Crippen LogP contribution in [0.4, 0.5) is 0 Å². The second kappa shape index (κ2) is 44.3. The molecule has 2 aromatic rings. The van der Waals surface area contributed by atoms with Gasteiger partial charge in [0.2, 0.25) is 0 Å². The van der Waals surface area contributed by atoms with Gasteiger partial charge in [-0.25, -0.2) is 0 Å². The molecule has 0 aliphatic rings. The third-order valence-electron chi connectivity index (χ3n) is 11.5. The topological polar surface area (TPSA) is 151 Å². The van der Waals surface area contributed by atoms with Crippen LogP contribution >= 0.6 is 0 Å². The number of ether oxygens (including phenoxy) is 4. The fourth-order valence-corrected chi connectivity index (χ4v) is 7.94. The van der Waals surface area contributed by atoms with Crippen LogP contribution in [0.1, 0.15) is 219 Å². The van der Waals surface area contributed by atoms with Gasteiger partial charge in [-0.15, -0.1) is 0 Å². The van der Waals surface area contributed by atoms with Crippen LogP contribution in [-0.4, -0.2) is 97.2 Å². The summed E-state index contributed by atoms with van der Waals surface area (Å²) in [5, 5.41) is 21.6. The number of unbranched alkanes of at least 4 members (excludes halogenated alkanes) is 16. The molecule has 0 saturated carbocycles. The van der Waals surface area contributed by atoms with Crippen molar-refractivity contribution < 1.29 is 48.3 Å². The molecule has 65 heavy (non-hydrogen) atoms. The van der Waals surface area contributed by atoms with Gasteiger partial charge in [0, 0.05) is 38.6 Å². The minimum atomic E-state index is -1.17. The van der Waals surface area contributed by atoms with Crippen LogP contribution in [0.25, 0.3) is 0 Å². The molecular formula is C54H86BaO10. The van der Waals surface area contributed by atoms with Crippen molar-refractivity contribution in [3.63, 3.8) is 0 Å². The minimum Gasteiger partial charge on any atom is -0.550 e. The maximum absolute atomic E-state index is 11.1. The van der Waals surface area contributed by atoms with Gasteiger partial charge in [0.05, 0.1) is 25.4 Å².